The van der Waals surface area contributed by atoms with Gasteiger partial charge in [-0.2, -0.15) is 4.31 Å². The molecule has 112 valence electrons. The minimum absolute atomic E-state index is 0.0571. The fraction of sp³-hybridized carbons (Fsp3) is 0.643. The predicted molar refractivity (Wildman–Crippen MR) is 78.2 cm³/mol. The van der Waals surface area contributed by atoms with Crippen LogP contribution in [0, 0.1) is 0 Å². The molecule has 1 atom stereocenters. The lowest BCUT2D eigenvalue weighted by Gasteiger charge is -2.17. The molecular formula is C14H22N2O3S. The minimum Gasteiger partial charge on any atom is -0.489 e. The van der Waals surface area contributed by atoms with Gasteiger partial charge in [0.2, 0.25) is 10.0 Å². The van der Waals surface area contributed by atoms with Crippen molar-refractivity contribution in [3.8, 4) is 5.75 Å². The zero-order valence-corrected chi connectivity index (χ0v) is 12.7. The van der Waals surface area contributed by atoms with Crippen LogP contribution >= 0.6 is 0 Å². The lowest BCUT2D eigenvalue weighted by Crippen LogP contribution is -2.32. The maximum Gasteiger partial charge on any atom is 0.214 e. The third-order valence-electron chi connectivity index (χ3n) is 3.46. The lowest BCUT2D eigenvalue weighted by molar-refractivity contribution is 0.215. The van der Waals surface area contributed by atoms with Crippen LogP contribution in [0.15, 0.2) is 24.5 Å². The van der Waals surface area contributed by atoms with Crippen molar-refractivity contribution in [1.82, 2.24) is 9.29 Å². The Bertz CT molecular complexity index is 504. The van der Waals surface area contributed by atoms with Gasteiger partial charge in [-0.25, -0.2) is 8.42 Å². The second kappa shape index (κ2) is 7.04. The Kier molecular flexibility index (Phi) is 5.37. The number of pyridine rings is 1. The third kappa shape index (κ3) is 4.18. The van der Waals surface area contributed by atoms with Gasteiger partial charge in [-0.05, 0) is 25.0 Å². The number of hydrogen-bond donors (Lipinski definition) is 0. The van der Waals surface area contributed by atoms with E-state index in [0.29, 0.717) is 13.1 Å². The van der Waals surface area contributed by atoms with E-state index < -0.39 is 10.0 Å². The molecule has 0 spiro atoms. The Labute approximate surface area is 121 Å². The van der Waals surface area contributed by atoms with E-state index in [1.54, 1.807) is 28.8 Å². The van der Waals surface area contributed by atoms with Crippen molar-refractivity contribution in [2.75, 3.05) is 18.8 Å². The van der Waals surface area contributed by atoms with Crippen molar-refractivity contribution in [3.63, 3.8) is 0 Å². The molecule has 0 unspecified atom stereocenters. The smallest absolute Gasteiger partial charge is 0.214 e. The number of hydrogen-bond acceptors (Lipinski definition) is 4. The molecule has 1 aromatic rings. The number of nitrogens with zero attached hydrogens (tertiary/aromatic N) is 2. The molecule has 1 fully saturated rings. The predicted octanol–water partition coefficient (Wildman–Crippen LogP) is 2.05. The van der Waals surface area contributed by atoms with Crippen molar-refractivity contribution in [2.45, 2.75) is 38.7 Å². The van der Waals surface area contributed by atoms with E-state index in [-0.39, 0.29) is 11.9 Å². The zero-order valence-electron chi connectivity index (χ0n) is 11.9. The van der Waals surface area contributed by atoms with E-state index in [1.165, 1.54) is 0 Å². The van der Waals surface area contributed by atoms with Crippen molar-refractivity contribution in [2.24, 2.45) is 0 Å². The van der Waals surface area contributed by atoms with Crippen LogP contribution in [0.25, 0.3) is 0 Å². The lowest BCUT2D eigenvalue weighted by atomic mass is 10.3. The second-order valence-electron chi connectivity index (χ2n) is 5.09. The van der Waals surface area contributed by atoms with Crippen LogP contribution in [-0.2, 0) is 10.0 Å². The number of rotatable bonds is 7. The molecule has 1 saturated heterocycles. The summed E-state index contributed by atoms with van der Waals surface area (Å²) in [7, 11) is -3.12. The summed E-state index contributed by atoms with van der Waals surface area (Å²) in [6.45, 7) is 3.09. The quantitative estimate of drug-likeness (QED) is 0.723. The maximum absolute atomic E-state index is 12.2. The van der Waals surface area contributed by atoms with Gasteiger partial charge in [0.05, 0.1) is 12.3 Å². The molecule has 0 saturated carbocycles. The van der Waals surface area contributed by atoms with E-state index in [2.05, 4.69) is 11.9 Å². The van der Waals surface area contributed by atoms with Crippen LogP contribution < -0.4 is 4.74 Å². The van der Waals surface area contributed by atoms with E-state index in [4.69, 9.17) is 4.74 Å². The normalized spacial score (nSPS) is 20.1. The molecule has 20 heavy (non-hydrogen) atoms. The summed E-state index contributed by atoms with van der Waals surface area (Å²) in [5.41, 5.74) is 0. The summed E-state index contributed by atoms with van der Waals surface area (Å²) < 4.78 is 31.7. The molecule has 0 aromatic carbocycles. The molecule has 0 N–H and O–H groups in total. The standard InChI is InChI=1S/C14H22N2O3S/c1-2-3-4-11-20(17,18)16-10-7-14(12-16)19-13-5-8-15-9-6-13/h5-6,8-9,14H,2-4,7,10-12H2,1H3/t14-/m1/s1. The Morgan fingerprint density at radius 3 is 2.80 bits per heavy atom. The van der Waals surface area contributed by atoms with Gasteiger partial charge in [0.25, 0.3) is 0 Å². The molecular weight excluding hydrogens is 276 g/mol. The van der Waals surface area contributed by atoms with Gasteiger partial charge in [-0.1, -0.05) is 19.8 Å². The largest absolute Gasteiger partial charge is 0.489 e. The summed E-state index contributed by atoms with van der Waals surface area (Å²) in [5, 5.41) is 0. The van der Waals surface area contributed by atoms with Crippen LogP contribution in [-0.4, -0.2) is 42.7 Å². The fourth-order valence-corrected chi connectivity index (χ4v) is 3.92. The summed E-state index contributed by atoms with van der Waals surface area (Å²) in [5.74, 6) is 0.998. The highest BCUT2D eigenvalue weighted by Crippen LogP contribution is 2.20. The number of unbranched alkanes of at least 4 members (excludes halogenated alkanes) is 2. The van der Waals surface area contributed by atoms with Crippen LogP contribution in [0.4, 0.5) is 0 Å². The summed E-state index contributed by atoms with van der Waals surface area (Å²) >= 11 is 0. The molecule has 0 aliphatic carbocycles. The Morgan fingerprint density at radius 1 is 1.35 bits per heavy atom. The first-order valence-electron chi connectivity index (χ1n) is 7.16. The first-order chi connectivity index (χ1) is 9.62. The van der Waals surface area contributed by atoms with Crippen LogP contribution in [0.3, 0.4) is 0 Å². The van der Waals surface area contributed by atoms with Crippen molar-refractivity contribution >= 4 is 10.0 Å². The van der Waals surface area contributed by atoms with Gasteiger partial charge in [-0.15, -0.1) is 0 Å². The number of sulfonamides is 1. The molecule has 0 amide bonds. The summed E-state index contributed by atoms with van der Waals surface area (Å²) in [4.78, 5) is 3.93. The highest BCUT2D eigenvalue weighted by atomic mass is 32.2. The Hall–Kier alpha value is -1.14. The molecule has 2 heterocycles. The molecule has 0 bridgehead atoms. The highest BCUT2D eigenvalue weighted by molar-refractivity contribution is 7.89. The first-order valence-corrected chi connectivity index (χ1v) is 8.77. The van der Waals surface area contributed by atoms with Crippen LogP contribution in [0.2, 0.25) is 0 Å². The van der Waals surface area contributed by atoms with Gasteiger partial charge in [0.1, 0.15) is 11.9 Å². The molecule has 5 nitrogen and oxygen atoms in total. The Morgan fingerprint density at radius 2 is 2.10 bits per heavy atom. The monoisotopic (exact) mass is 298 g/mol. The average Bonchev–Trinajstić information content (AvgIpc) is 2.89. The summed E-state index contributed by atoms with van der Waals surface area (Å²) in [6, 6.07) is 3.58. The topological polar surface area (TPSA) is 59.5 Å². The van der Waals surface area contributed by atoms with E-state index in [1.807, 2.05) is 0 Å². The van der Waals surface area contributed by atoms with Crippen molar-refractivity contribution in [1.29, 1.82) is 0 Å². The average molecular weight is 298 g/mol. The summed E-state index contributed by atoms with van der Waals surface area (Å²) in [6.07, 6.45) is 6.76. The van der Waals surface area contributed by atoms with Crippen LogP contribution in [0.1, 0.15) is 32.6 Å². The van der Waals surface area contributed by atoms with Crippen molar-refractivity contribution < 1.29 is 13.2 Å². The van der Waals surface area contributed by atoms with E-state index in [9.17, 15) is 8.42 Å². The van der Waals surface area contributed by atoms with Gasteiger partial charge in [0.15, 0.2) is 0 Å². The zero-order chi connectivity index (χ0) is 14.4. The van der Waals surface area contributed by atoms with E-state index in [0.717, 1.165) is 31.4 Å². The fourth-order valence-electron chi connectivity index (χ4n) is 2.32. The molecule has 1 aromatic heterocycles. The van der Waals surface area contributed by atoms with Crippen molar-refractivity contribution in [3.05, 3.63) is 24.5 Å². The number of aromatic nitrogens is 1. The van der Waals surface area contributed by atoms with Crippen LogP contribution in [0.5, 0.6) is 5.75 Å². The molecule has 2 rings (SSSR count). The second-order valence-corrected chi connectivity index (χ2v) is 7.18. The van der Waals surface area contributed by atoms with Gasteiger partial charge in [0, 0.05) is 18.9 Å². The molecule has 0 radical (unpaired) electrons. The molecule has 1 aliphatic heterocycles. The molecule has 6 heteroatoms. The first kappa shape index (κ1) is 15.3. The van der Waals surface area contributed by atoms with Gasteiger partial charge >= 0.3 is 0 Å². The van der Waals surface area contributed by atoms with Gasteiger partial charge < -0.3 is 4.74 Å². The molecule has 1 aliphatic rings. The Balaban J connectivity index is 1.85. The SMILES string of the molecule is CCCCCS(=O)(=O)N1CC[C@@H](Oc2ccncc2)C1. The van der Waals surface area contributed by atoms with Gasteiger partial charge in [-0.3, -0.25) is 4.98 Å². The third-order valence-corrected chi connectivity index (χ3v) is 5.38. The minimum atomic E-state index is -3.12. The van der Waals surface area contributed by atoms with E-state index >= 15 is 0 Å². The maximum atomic E-state index is 12.2. The number of ether oxygens (including phenoxy) is 1. The highest BCUT2D eigenvalue weighted by Gasteiger charge is 2.31.